The highest BCUT2D eigenvalue weighted by Gasteiger charge is 2.35. The van der Waals surface area contributed by atoms with Crippen LogP contribution >= 0.6 is 19.8 Å². The molecule has 0 bridgehead atoms. The quantitative estimate of drug-likeness (QED) is 0.0853. The minimum Gasteiger partial charge on any atom is -0.189 e. The Morgan fingerprint density at radius 2 is 0.833 bits per heavy atom. The average Bonchev–Trinajstić information content (AvgIpc) is 2.74. The van der Waals surface area contributed by atoms with E-state index in [2.05, 4.69) is 38.5 Å². The number of hydrogen-bond acceptors (Lipinski definition) is 1. The van der Waals surface area contributed by atoms with Gasteiger partial charge in [0.1, 0.15) is 0 Å². The van der Waals surface area contributed by atoms with Crippen LogP contribution in [0.1, 0.15) is 136 Å². The predicted molar refractivity (Wildman–Crippen MR) is 147 cm³/mol. The maximum atomic E-state index is 4.08. The van der Waals surface area contributed by atoms with Crippen LogP contribution in [0.25, 0.3) is 0 Å². The van der Waals surface area contributed by atoms with Gasteiger partial charge in [-0.2, -0.15) is 5.09 Å². The van der Waals surface area contributed by atoms with Crippen molar-refractivity contribution < 1.29 is 0 Å². The zero-order valence-corrected chi connectivity index (χ0v) is 22.9. The van der Waals surface area contributed by atoms with Gasteiger partial charge in [-0.1, -0.05) is 104 Å². The van der Waals surface area contributed by atoms with Crippen molar-refractivity contribution in [2.45, 2.75) is 136 Å². The number of halogens is 1. The lowest BCUT2D eigenvalue weighted by Gasteiger charge is -2.28. The monoisotopic (exact) mass is 462 g/mol. The van der Waals surface area contributed by atoms with E-state index in [1.807, 2.05) is 0 Å². The molecule has 3 heteroatoms. The fraction of sp³-hybridized carbons (Fsp3) is 0.926. The lowest BCUT2D eigenvalue weighted by atomic mass is 10.1. The van der Waals surface area contributed by atoms with Crippen LogP contribution in [0.15, 0.2) is 12.7 Å². The molecule has 30 heavy (non-hydrogen) atoms. The predicted octanol–water partition coefficient (Wildman–Crippen LogP) is 10.2. The molecule has 0 rings (SSSR count). The second kappa shape index (κ2) is 25.7. The third-order valence-electron chi connectivity index (χ3n) is 6.39. The maximum absolute atomic E-state index is 4.08. The summed E-state index contributed by atoms with van der Waals surface area (Å²) in [5.41, 5.74) is 0. The van der Waals surface area contributed by atoms with Gasteiger partial charge in [0.25, 0.3) is 0 Å². The summed E-state index contributed by atoms with van der Waals surface area (Å²) >= 11 is 0. The topological polar surface area (TPSA) is 12.0 Å². The molecule has 0 aromatic heterocycles. The van der Waals surface area contributed by atoms with Crippen LogP contribution < -0.4 is 5.09 Å². The summed E-state index contributed by atoms with van der Waals surface area (Å²) in [5, 5.41) is 4.08. The number of nitrogens with one attached hydrogen (secondary N) is 1. The molecule has 1 nitrogen and oxygen atoms in total. The van der Waals surface area contributed by atoms with Gasteiger partial charge in [-0.3, -0.25) is 0 Å². The number of unbranched alkanes of at least 4 members (excludes halogenated alkanes) is 15. The van der Waals surface area contributed by atoms with Gasteiger partial charge < -0.3 is 0 Å². The van der Waals surface area contributed by atoms with Gasteiger partial charge in [0, 0.05) is 6.54 Å². The first-order valence-electron chi connectivity index (χ1n) is 13.5. The fourth-order valence-electron chi connectivity index (χ4n) is 4.42. The molecular weight excluding hydrogens is 405 g/mol. The molecule has 0 amide bonds. The molecule has 0 aliphatic rings. The van der Waals surface area contributed by atoms with Crippen LogP contribution in [0.4, 0.5) is 0 Å². The zero-order chi connectivity index (χ0) is 21.5. The summed E-state index contributed by atoms with van der Waals surface area (Å²) in [6.45, 7) is 12.0. The lowest BCUT2D eigenvalue weighted by molar-refractivity contribution is 0.614. The largest absolute Gasteiger partial charge is 0.189 e. The van der Waals surface area contributed by atoms with Crippen LogP contribution in [-0.2, 0) is 0 Å². The summed E-state index contributed by atoms with van der Waals surface area (Å²) < 4.78 is 0. The van der Waals surface area contributed by atoms with Crippen molar-refractivity contribution in [3.63, 3.8) is 0 Å². The highest BCUT2D eigenvalue weighted by Crippen LogP contribution is 2.57. The van der Waals surface area contributed by atoms with E-state index in [-0.39, 0.29) is 12.4 Å². The van der Waals surface area contributed by atoms with E-state index in [0.717, 1.165) is 6.54 Å². The first-order chi connectivity index (χ1) is 14.2. The highest BCUT2D eigenvalue weighted by atomic mass is 35.5. The van der Waals surface area contributed by atoms with E-state index in [1.165, 1.54) is 134 Å². The smallest absolute Gasteiger partial charge is 0.0803 e. The van der Waals surface area contributed by atoms with Crippen molar-refractivity contribution in [1.29, 1.82) is 0 Å². The van der Waals surface area contributed by atoms with E-state index >= 15 is 0 Å². The van der Waals surface area contributed by atoms with Crippen LogP contribution in [0, 0.1) is 0 Å². The molecule has 0 spiro atoms. The third kappa shape index (κ3) is 20.3. The molecule has 0 aromatic rings. The Kier molecular flexibility index (Phi) is 27.9. The standard InChI is InChI=1S/C27H57NP.ClH/c1-5-9-12-15-18-21-25-29(28-24-8-4,26-22-19-16-13-10-6-2)27-23-20-17-14-11-7-3;/h8,28H,4-7,9-27H2,1-3H3;1H/q+1;. The molecule has 0 heterocycles. The summed E-state index contributed by atoms with van der Waals surface area (Å²) in [5.74, 6) is 0. The molecule has 182 valence electrons. The van der Waals surface area contributed by atoms with E-state index in [1.54, 1.807) is 0 Å². The summed E-state index contributed by atoms with van der Waals surface area (Å²) in [7, 11) is -1.00. The average molecular weight is 463 g/mol. The number of hydrogen-bond donors (Lipinski definition) is 1. The van der Waals surface area contributed by atoms with Gasteiger partial charge in [0.2, 0.25) is 0 Å². The fourth-order valence-corrected chi connectivity index (χ4v) is 8.56. The molecular formula is C27H58ClNP+. The van der Waals surface area contributed by atoms with Gasteiger partial charge >= 0.3 is 0 Å². The second-order valence-electron chi connectivity index (χ2n) is 9.27. The Bertz CT molecular complexity index is 294. The molecule has 0 saturated carbocycles. The summed E-state index contributed by atoms with van der Waals surface area (Å²) in [4.78, 5) is 0. The highest BCUT2D eigenvalue weighted by molar-refractivity contribution is 7.74. The maximum Gasteiger partial charge on any atom is 0.0803 e. The molecule has 0 unspecified atom stereocenters. The molecule has 1 N–H and O–H groups in total. The summed E-state index contributed by atoms with van der Waals surface area (Å²) in [6.07, 6.45) is 32.2. The normalized spacial score (nSPS) is 11.4. The Labute approximate surface area is 198 Å². The molecule has 0 aliphatic carbocycles. The van der Waals surface area contributed by atoms with Crippen LogP contribution in [0.2, 0.25) is 0 Å². The molecule has 0 atom stereocenters. The van der Waals surface area contributed by atoms with Gasteiger partial charge in [-0.25, -0.2) is 0 Å². The van der Waals surface area contributed by atoms with E-state index < -0.39 is 7.41 Å². The summed E-state index contributed by atoms with van der Waals surface area (Å²) in [6, 6.07) is 0. The first-order valence-corrected chi connectivity index (χ1v) is 15.8. The van der Waals surface area contributed by atoms with Gasteiger partial charge in [0.05, 0.1) is 25.9 Å². The molecule has 0 fully saturated rings. The second-order valence-corrected chi connectivity index (χ2v) is 13.2. The van der Waals surface area contributed by atoms with Crippen molar-refractivity contribution in [2.75, 3.05) is 25.0 Å². The van der Waals surface area contributed by atoms with Crippen LogP contribution in [0.5, 0.6) is 0 Å². The minimum atomic E-state index is -1.00. The van der Waals surface area contributed by atoms with Crippen molar-refractivity contribution >= 4 is 19.8 Å². The minimum absolute atomic E-state index is 0. The van der Waals surface area contributed by atoms with Gasteiger partial charge in [-0.15, -0.1) is 19.0 Å². The Hall–Kier alpha value is 0.420. The van der Waals surface area contributed by atoms with E-state index in [0.29, 0.717) is 0 Å². The Morgan fingerprint density at radius 3 is 1.13 bits per heavy atom. The van der Waals surface area contributed by atoms with Crippen molar-refractivity contribution in [3.8, 4) is 0 Å². The lowest BCUT2D eigenvalue weighted by Crippen LogP contribution is -2.24. The Morgan fingerprint density at radius 1 is 0.533 bits per heavy atom. The Balaban J connectivity index is 0. The molecule has 0 aromatic carbocycles. The molecule has 0 radical (unpaired) electrons. The van der Waals surface area contributed by atoms with Crippen LogP contribution in [0.3, 0.4) is 0 Å². The van der Waals surface area contributed by atoms with Crippen molar-refractivity contribution in [3.05, 3.63) is 12.7 Å². The van der Waals surface area contributed by atoms with E-state index in [9.17, 15) is 0 Å². The van der Waals surface area contributed by atoms with E-state index in [4.69, 9.17) is 0 Å². The third-order valence-corrected chi connectivity index (χ3v) is 10.8. The van der Waals surface area contributed by atoms with Gasteiger partial charge in [-0.05, 0) is 38.5 Å². The first kappa shape index (κ1) is 32.6. The van der Waals surface area contributed by atoms with Crippen molar-refractivity contribution in [2.24, 2.45) is 0 Å². The molecule has 0 saturated heterocycles. The number of rotatable bonds is 24. The molecule has 0 aliphatic heterocycles. The van der Waals surface area contributed by atoms with Crippen molar-refractivity contribution in [1.82, 2.24) is 5.09 Å². The zero-order valence-electron chi connectivity index (χ0n) is 21.2. The van der Waals surface area contributed by atoms with Gasteiger partial charge in [0.15, 0.2) is 0 Å². The van der Waals surface area contributed by atoms with Crippen LogP contribution in [-0.4, -0.2) is 25.0 Å². The SMILES string of the molecule is C=CCN[P+](CCCCCCCC)(CCCCCCCC)CCCCCCCC.Cl.